The highest BCUT2D eigenvalue weighted by Crippen LogP contribution is 2.16. The number of non-ortho nitro benzene ring substituents is 1. The Morgan fingerprint density at radius 3 is 2.67 bits per heavy atom. The molecule has 0 aromatic heterocycles. The standard InChI is InChI=1S/C11H16N4O5S/c1-2-21(19,20)13-7-6-12-11(16)14-9-4-3-5-10(8-9)15(17)18/h3-5,8,13H,2,6-7H2,1H3,(H2,12,14,16). The third kappa shape index (κ3) is 6.19. The van der Waals surface area contributed by atoms with Crippen molar-refractivity contribution in [2.45, 2.75) is 6.92 Å². The van der Waals surface area contributed by atoms with Gasteiger partial charge in [0.1, 0.15) is 0 Å². The van der Waals surface area contributed by atoms with Gasteiger partial charge in [-0.25, -0.2) is 17.9 Å². The lowest BCUT2D eigenvalue weighted by Gasteiger charge is -2.08. The molecule has 0 aliphatic rings. The van der Waals surface area contributed by atoms with E-state index in [0.29, 0.717) is 0 Å². The van der Waals surface area contributed by atoms with Gasteiger partial charge < -0.3 is 10.6 Å². The topological polar surface area (TPSA) is 130 Å². The molecule has 0 unspecified atom stereocenters. The second kappa shape index (κ2) is 7.55. The van der Waals surface area contributed by atoms with Crippen LogP contribution in [0.3, 0.4) is 0 Å². The van der Waals surface area contributed by atoms with E-state index in [2.05, 4.69) is 15.4 Å². The fourth-order valence-electron chi connectivity index (χ4n) is 1.36. The maximum Gasteiger partial charge on any atom is 0.319 e. The van der Waals surface area contributed by atoms with Crippen molar-refractivity contribution in [3.8, 4) is 0 Å². The fraction of sp³-hybridized carbons (Fsp3) is 0.364. The Labute approximate surface area is 121 Å². The molecule has 0 saturated heterocycles. The lowest BCUT2D eigenvalue weighted by molar-refractivity contribution is -0.384. The predicted octanol–water partition coefficient (Wildman–Crippen LogP) is 0.656. The third-order valence-electron chi connectivity index (χ3n) is 2.43. The molecular formula is C11H16N4O5S. The lowest BCUT2D eigenvalue weighted by atomic mass is 10.3. The van der Waals surface area contributed by atoms with Crippen molar-refractivity contribution in [2.24, 2.45) is 0 Å². The Morgan fingerprint density at radius 1 is 1.33 bits per heavy atom. The lowest BCUT2D eigenvalue weighted by Crippen LogP contribution is -2.37. The SMILES string of the molecule is CCS(=O)(=O)NCCNC(=O)Nc1cccc([N+](=O)[O-])c1. The number of benzene rings is 1. The monoisotopic (exact) mass is 316 g/mol. The fourth-order valence-corrected chi connectivity index (χ4v) is 1.97. The largest absolute Gasteiger partial charge is 0.337 e. The van der Waals surface area contributed by atoms with Gasteiger partial charge in [-0.3, -0.25) is 10.1 Å². The molecule has 0 fully saturated rings. The van der Waals surface area contributed by atoms with E-state index < -0.39 is 21.0 Å². The van der Waals surface area contributed by atoms with Crippen LogP contribution in [0.2, 0.25) is 0 Å². The number of sulfonamides is 1. The summed E-state index contributed by atoms with van der Waals surface area (Å²) in [6.45, 7) is 1.67. The first-order chi connectivity index (χ1) is 9.84. The van der Waals surface area contributed by atoms with E-state index in [0.717, 1.165) is 0 Å². The number of nitrogens with one attached hydrogen (secondary N) is 3. The van der Waals surface area contributed by atoms with Gasteiger partial charge >= 0.3 is 6.03 Å². The number of anilines is 1. The second-order valence-electron chi connectivity index (χ2n) is 3.99. The highest BCUT2D eigenvalue weighted by Gasteiger charge is 2.08. The number of rotatable bonds is 7. The van der Waals surface area contributed by atoms with Crippen LogP contribution in [0, 0.1) is 10.1 Å². The molecule has 21 heavy (non-hydrogen) atoms. The molecule has 2 amide bonds. The van der Waals surface area contributed by atoms with Crippen LogP contribution in [0.1, 0.15) is 6.92 Å². The zero-order valence-corrected chi connectivity index (χ0v) is 12.1. The molecule has 116 valence electrons. The Morgan fingerprint density at radius 2 is 2.05 bits per heavy atom. The normalized spacial score (nSPS) is 10.9. The molecule has 0 bridgehead atoms. The van der Waals surface area contributed by atoms with Crippen molar-refractivity contribution >= 4 is 27.4 Å². The first-order valence-corrected chi connectivity index (χ1v) is 7.76. The summed E-state index contributed by atoms with van der Waals surface area (Å²) >= 11 is 0. The smallest absolute Gasteiger partial charge is 0.319 e. The van der Waals surface area contributed by atoms with Gasteiger partial charge in [-0.05, 0) is 13.0 Å². The molecule has 0 atom stereocenters. The minimum atomic E-state index is -3.29. The van der Waals surface area contributed by atoms with Crippen LogP contribution < -0.4 is 15.4 Å². The van der Waals surface area contributed by atoms with Crippen LogP contribution in [0.5, 0.6) is 0 Å². The van der Waals surface area contributed by atoms with Crippen LogP contribution in [0.25, 0.3) is 0 Å². The molecule has 0 aliphatic carbocycles. The molecule has 0 spiro atoms. The maximum atomic E-state index is 11.5. The van der Waals surface area contributed by atoms with Crippen LogP contribution >= 0.6 is 0 Å². The minimum Gasteiger partial charge on any atom is -0.337 e. The van der Waals surface area contributed by atoms with Gasteiger partial charge in [0.25, 0.3) is 5.69 Å². The first kappa shape index (κ1) is 16.9. The van der Waals surface area contributed by atoms with E-state index in [-0.39, 0.29) is 30.2 Å². The van der Waals surface area contributed by atoms with Crippen LogP contribution in [0.4, 0.5) is 16.2 Å². The van der Waals surface area contributed by atoms with Gasteiger partial charge in [-0.2, -0.15) is 0 Å². The van der Waals surface area contributed by atoms with E-state index in [1.807, 2.05) is 0 Å². The number of hydrogen-bond donors (Lipinski definition) is 3. The molecule has 1 rings (SSSR count). The minimum absolute atomic E-state index is 0.0348. The number of nitro groups is 1. The summed E-state index contributed by atoms with van der Waals surface area (Å²) < 4.78 is 24.6. The van der Waals surface area contributed by atoms with Crippen molar-refractivity contribution in [1.82, 2.24) is 10.0 Å². The zero-order valence-electron chi connectivity index (χ0n) is 11.3. The highest BCUT2D eigenvalue weighted by atomic mass is 32.2. The number of carbonyl (C=O) groups excluding carboxylic acids is 1. The summed E-state index contributed by atoms with van der Waals surface area (Å²) in [5.41, 5.74) is 0.138. The number of hydrogen-bond acceptors (Lipinski definition) is 5. The number of urea groups is 1. The molecule has 0 aliphatic heterocycles. The number of amides is 2. The number of nitro benzene ring substituents is 1. The summed E-state index contributed by atoms with van der Waals surface area (Å²) in [5.74, 6) is -0.0348. The molecule has 1 aromatic carbocycles. The Hall–Kier alpha value is -2.20. The Bertz CT molecular complexity index is 617. The summed E-state index contributed by atoms with van der Waals surface area (Å²) in [5, 5.41) is 15.4. The van der Waals surface area contributed by atoms with E-state index in [4.69, 9.17) is 0 Å². The zero-order chi connectivity index (χ0) is 15.9. The van der Waals surface area contributed by atoms with Crippen LogP contribution in [0.15, 0.2) is 24.3 Å². The van der Waals surface area contributed by atoms with Crippen molar-refractivity contribution in [1.29, 1.82) is 0 Å². The maximum absolute atomic E-state index is 11.5. The van der Waals surface area contributed by atoms with E-state index in [1.54, 1.807) is 0 Å². The van der Waals surface area contributed by atoms with Crippen LogP contribution in [-0.4, -0.2) is 38.2 Å². The molecule has 0 saturated carbocycles. The highest BCUT2D eigenvalue weighted by molar-refractivity contribution is 7.89. The summed E-state index contributed by atoms with van der Waals surface area (Å²) in [7, 11) is -3.29. The van der Waals surface area contributed by atoms with E-state index >= 15 is 0 Å². The third-order valence-corrected chi connectivity index (χ3v) is 3.83. The van der Waals surface area contributed by atoms with Crippen molar-refractivity contribution in [3.05, 3.63) is 34.4 Å². The van der Waals surface area contributed by atoms with Gasteiger partial charge in [-0.15, -0.1) is 0 Å². The molecule has 3 N–H and O–H groups in total. The molecule has 0 radical (unpaired) electrons. The van der Waals surface area contributed by atoms with Crippen molar-refractivity contribution in [3.63, 3.8) is 0 Å². The van der Waals surface area contributed by atoms with Gasteiger partial charge in [0.2, 0.25) is 10.0 Å². The Balaban J connectivity index is 2.41. The van der Waals surface area contributed by atoms with Crippen molar-refractivity contribution < 1.29 is 18.1 Å². The van der Waals surface area contributed by atoms with Gasteiger partial charge in [0.05, 0.1) is 10.7 Å². The van der Waals surface area contributed by atoms with Crippen molar-refractivity contribution in [2.75, 3.05) is 24.2 Å². The second-order valence-corrected chi connectivity index (χ2v) is 6.08. The van der Waals surface area contributed by atoms with Gasteiger partial charge in [0, 0.05) is 30.9 Å². The summed E-state index contributed by atoms with van der Waals surface area (Å²) in [6, 6.07) is 4.91. The molecule has 9 nitrogen and oxygen atoms in total. The van der Waals surface area contributed by atoms with E-state index in [1.165, 1.54) is 31.2 Å². The summed E-state index contributed by atoms with van der Waals surface area (Å²) in [6.07, 6.45) is 0. The van der Waals surface area contributed by atoms with Gasteiger partial charge in [-0.1, -0.05) is 6.07 Å². The predicted molar refractivity (Wildman–Crippen MR) is 77.6 cm³/mol. The first-order valence-electron chi connectivity index (χ1n) is 6.10. The summed E-state index contributed by atoms with van der Waals surface area (Å²) in [4.78, 5) is 21.5. The van der Waals surface area contributed by atoms with E-state index in [9.17, 15) is 23.3 Å². The molecule has 1 aromatic rings. The average Bonchev–Trinajstić information content (AvgIpc) is 2.44. The van der Waals surface area contributed by atoms with Gasteiger partial charge in [0.15, 0.2) is 0 Å². The average molecular weight is 316 g/mol. The van der Waals surface area contributed by atoms with Crippen LogP contribution in [-0.2, 0) is 10.0 Å². The number of carbonyl (C=O) groups is 1. The number of nitrogens with zero attached hydrogens (tertiary/aromatic N) is 1. The Kier molecular flexibility index (Phi) is 6.06. The molecule has 0 heterocycles. The molecule has 10 heteroatoms. The quantitative estimate of drug-likeness (QED) is 0.386. The molecular weight excluding hydrogens is 300 g/mol.